The number of rotatable bonds is 7. The molecule has 6 nitrogen and oxygen atoms in total. The van der Waals surface area contributed by atoms with Crippen molar-refractivity contribution in [1.29, 1.82) is 0 Å². The highest BCUT2D eigenvalue weighted by Crippen LogP contribution is 2.34. The van der Waals surface area contributed by atoms with Gasteiger partial charge in [-0.1, -0.05) is 12.1 Å². The van der Waals surface area contributed by atoms with Crippen molar-refractivity contribution >= 4 is 40.9 Å². The summed E-state index contributed by atoms with van der Waals surface area (Å²) in [5, 5.41) is 13.5. The van der Waals surface area contributed by atoms with Crippen LogP contribution in [0.3, 0.4) is 0 Å². The molecule has 0 bridgehead atoms. The quantitative estimate of drug-likeness (QED) is 0.440. The molecule has 30 heavy (non-hydrogen) atoms. The van der Waals surface area contributed by atoms with Crippen LogP contribution >= 0.6 is 11.8 Å². The number of halogens is 3. The number of thioether (sulfide) groups is 1. The van der Waals surface area contributed by atoms with Gasteiger partial charge >= 0.3 is 12.1 Å². The zero-order valence-corrected chi connectivity index (χ0v) is 16.4. The Morgan fingerprint density at radius 2 is 1.67 bits per heavy atom. The monoisotopic (exact) mass is 438 g/mol. The van der Waals surface area contributed by atoms with E-state index in [2.05, 4.69) is 10.6 Å². The molecule has 0 heterocycles. The van der Waals surface area contributed by atoms with Gasteiger partial charge in [0.05, 0.1) is 17.0 Å². The second-order valence-electron chi connectivity index (χ2n) is 6.03. The zero-order chi connectivity index (χ0) is 22.3. The van der Waals surface area contributed by atoms with E-state index in [0.29, 0.717) is 10.6 Å². The molecule has 0 spiro atoms. The van der Waals surface area contributed by atoms with Gasteiger partial charge in [-0.2, -0.15) is 13.2 Å². The first-order chi connectivity index (χ1) is 14.1. The number of hydrogen-bond acceptors (Lipinski definition) is 4. The maximum atomic E-state index is 13.0. The summed E-state index contributed by atoms with van der Waals surface area (Å²) in [4.78, 5) is 35.1. The average molecular weight is 438 g/mol. The second kappa shape index (κ2) is 9.97. The number of alkyl halides is 3. The molecule has 2 aromatic rings. The minimum Gasteiger partial charge on any atom is -0.478 e. The van der Waals surface area contributed by atoms with Gasteiger partial charge in [-0.15, -0.1) is 11.8 Å². The van der Waals surface area contributed by atoms with Crippen LogP contribution < -0.4 is 10.6 Å². The molecule has 0 aromatic heterocycles. The summed E-state index contributed by atoms with van der Waals surface area (Å²) in [6.45, 7) is 1.29. The van der Waals surface area contributed by atoms with E-state index < -0.39 is 29.5 Å². The Hall–Kier alpha value is -3.27. The van der Waals surface area contributed by atoms with Gasteiger partial charge in [0.15, 0.2) is 0 Å². The molecular formula is C20H17F3N2O4S. The van der Waals surface area contributed by atoms with Crippen molar-refractivity contribution in [3.8, 4) is 0 Å². The van der Waals surface area contributed by atoms with Crippen LogP contribution in [0.2, 0.25) is 0 Å². The molecule has 0 saturated heterocycles. The summed E-state index contributed by atoms with van der Waals surface area (Å²) in [5.41, 5.74) is -0.922. The van der Waals surface area contributed by atoms with Gasteiger partial charge in [0.25, 0.3) is 0 Å². The number of benzene rings is 2. The van der Waals surface area contributed by atoms with Crippen LogP contribution in [0.1, 0.15) is 12.5 Å². The van der Waals surface area contributed by atoms with Crippen LogP contribution in [0, 0.1) is 0 Å². The van der Waals surface area contributed by atoms with Crippen molar-refractivity contribution in [1.82, 2.24) is 0 Å². The first kappa shape index (κ1) is 23.0. The summed E-state index contributed by atoms with van der Waals surface area (Å²) < 4.78 is 38.9. The number of nitrogens with one attached hydrogen (secondary N) is 2. The van der Waals surface area contributed by atoms with Gasteiger partial charge in [-0.05, 0) is 43.3 Å². The highest BCUT2D eigenvalue weighted by Gasteiger charge is 2.33. The highest BCUT2D eigenvalue weighted by molar-refractivity contribution is 8.00. The molecule has 0 radical (unpaired) electrons. The van der Waals surface area contributed by atoms with Crippen LogP contribution in [-0.4, -0.2) is 28.6 Å². The highest BCUT2D eigenvalue weighted by atomic mass is 32.2. The lowest BCUT2D eigenvalue weighted by Gasteiger charge is -2.13. The third kappa shape index (κ3) is 6.96. The topological polar surface area (TPSA) is 95.5 Å². The summed E-state index contributed by atoms with van der Waals surface area (Å²) in [6.07, 6.45) is -3.62. The third-order valence-electron chi connectivity index (χ3n) is 3.68. The molecule has 2 amide bonds. The molecule has 0 saturated carbocycles. The molecular weight excluding hydrogens is 421 g/mol. The number of carboxylic acids is 1. The molecule has 0 aliphatic heterocycles. The first-order valence-electron chi connectivity index (χ1n) is 8.48. The van der Waals surface area contributed by atoms with Crippen LogP contribution in [0.15, 0.2) is 65.1 Å². The summed E-state index contributed by atoms with van der Waals surface area (Å²) in [7, 11) is 0. The maximum Gasteiger partial charge on any atom is 0.418 e. The summed E-state index contributed by atoms with van der Waals surface area (Å²) >= 11 is 1.11. The van der Waals surface area contributed by atoms with E-state index in [9.17, 15) is 27.6 Å². The van der Waals surface area contributed by atoms with Gasteiger partial charge in [0.2, 0.25) is 11.8 Å². The van der Waals surface area contributed by atoms with Gasteiger partial charge in [-0.3, -0.25) is 9.59 Å². The number of carbonyl (C=O) groups excluding carboxylic acids is 2. The smallest absolute Gasteiger partial charge is 0.418 e. The Morgan fingerprint density at radius 1 is 1.03 bits per heavy atom. The molecule has 10 heteroatoms. The van der Waals surface area contributed by atoms with Crippen LogP contribution in [0.25, 0.3) is 0 Å². The fraction of sp³-hybridized carbons (Fsp3) is 0.150. The van der Waals surface area contributed by atoms with Crippen LogP contribution in [-0.2, 0) is 20.6 Å². The van der Waals surface area contributed by atoms with Crippen LogP contribution in [0.4, 0.5) is 24.5 Å². The number of aliphatic carboxylic acids is 1. The summed E-state index contributed by atoms with van der Waals surface area (Å²) in [5.74, 6) is -2.51. The van der Waals surface area contributed by atoms with Gasteiger partial charge in [0.1, 0.15) is 0 Å². The molecule has 0 fully saturated rings. The lowest BCUT2D eigenvalue weighted by molar-refractivity contribution is -0.137. The van der Waals surface area contributed by atoms with E-state index in [1.807, 2.05) is 0 Å². The Labute approximate surface area is 174 Å². The predicted octanol–water partition coefficient (Wildman–Crippen LogP) is 4.41. The van der Waals surface area contributed by atoms with Gasteiger partial charge < -0.3 is 15.7 Å². The van der Waals surface area contributed by atoms with Gasteiger partial charge in [-0.25, -0.2) is 4.79 Å². The van der Waals surface area contributed by atoms with E-state index in [1.165, 1.54) is 25.1 Å². The van der Waals surface area contributed by atoms with E-state index in [-0.39, 0.29) is 17.0 Å². The first-order valence-corrected chi connectivity index (χ1v) is 9.46. The fourth-order valence-electron chi connectivity index (χ4n) is 2.25. The number of hydrogen-bond donors (Lipinski definition) is 3. The molecule has 158 valence electrons. The Balaban J connectivity index is 1.91. The molecule has 0 aliphatic rings. The number of carboxylic acid groups (broad SMARTS) is 1. The molecule has 0 atom stereocenters. The zero-order valence-electron chi connectivity index (χ0n) is 15.6. The lowest BCUT2D eigenvalue weighted by atomic mass is 10.1. The normalized spacial score (nSPS) is 11.7. The Morgan fingerprint density at radius 3 is 2.27 bits per heavy atom. The van der Waals surface area contributed by atoms with E-state index in [1.54, 1.807) is 24.3 Å². The van der Waals surface area contributed by atoms with Crippen molar-refractivity contribution in [3.63, 3.8) is 0 Å². The molecule has 3 N–H and O–H groups in total. The molecule has 2 aromatic carbocycles. The summed E-state index contributed by atoms with van der Waals surface area (Å²) in [6, 6.07) is 11.1. The van der Waals surface area contributed by atoms with Crippen molar-refractivity contribution in [2.75, 3.05) is 16.4 Å². The van der Waals surface area contributed by atoms with E-state index >= 15 is 0 Å². The fourth-order valence-corrected chi connectivity index (χ4v) is 2.94. The number of amides is 2. The minimum atomic E-state index is -4.57. The average Bonchev–Trinajstić information content (AvgIpc) is 2.67. The standard InChI is InChI=1S/C20H17F3N2O4S/c1-12(19(28)29)10-17(26)24-13-6-8-14(9-7-13)30-11-18(27)25-16-5-3-2-4-15(16)20(21,22)23/h2-10H,11H2,1H3,(H,24,26)(H,25,27)(H,28,29). The van der Waals surface area contributed by atoms with E-state index in [4.69, 9.17) is 5.11 Å². The lowest BCUT2D eigenvalue weighted by Crippen LogP contribution is -2.18. The maximum absolute atomic E-state index is 13.0. The van der Waals surface area contributed by atoms with Gasteiger partial charge in [0, 0.05) is 22.2 Å². The van der Waals surface area contributed by atoms with Crippen molar-refractivity contribution in [2.24, 2.45) is 0 Å². The molecule has 0 unspecified atom stereocenters. The van der Waals surface area contributed by atoms with Crippen molar-refractivity contribution < 1.29 is 32.7 Å². The number of carbonyl (C=O) groups is 3. The number of para-hydroxylation sites is 1. The molecule has 0 aliphatic carbocycles. The Bertz CT molecular complexity index is 973. The second-order valence-corrected chi connectivity index (χ2v) is 7.08. The predicted molar refractivity (Wildman–Crippen MR) is 107 cm³/mol. The minimum absolute atomic E-state index is 0.113. The third-order valence-corrected chi connectivity index (χ3v) is 4.70. The van der Waals surface area contributed by atoms with Crippen molar-refractivity contribution in [2.45, 2.75) is 18.0 Å². The van der Waals surface area contributed by atoms with E-state index in [0.717, 1.165) is 23.9 Å². The largest absolute Gasteiger partial charge is 0.478 e. The Kier molecular flexibility index (Phi) is 7.65. The number of anilines is 2. The SMILES string of the molecule is CC(=CC(=O)Nc1ccc(SCC(=O)Nc2ccccc2C(F)(F)F)cc1)C(=O)O. The van der Waals surface area contributed by atoms with Crippen LogP contribution in [0.5, 0.6) is 0 Å². The van der Waals surface area contributed by atoms with Crippen molar-refractivity contribution in [3.05, 3.63) is 65.7 Å². The molecule has 2 rings (SSSR count).